The van der Waals surface area contributed by atoms with E-state index in [4.69, 9.17) is 4.42 Å². The largest absolute Gasteiger partial charge is 0.438 e. The van der Waals surface area contributed by atoms with E-state index in [1.165, 1.54) is 12.1 Å². The molecule has 0 aliphatic heterocycles. The van der Waals surface area contributed by atoms with Gasteiger partial charge in [-0.15, -0.1) is 0 Å². The van der Waals surface area contributed by atoms with Crippen molar-refractivity contribution in [3.8, 4) is 0 Å². The Hall–Kier alpha value is -3.73. The first kappa shape index (κ1) is 18.6. The summed E-state index contributed by atoms with van der Waals surface area (Å²) in [6.45, 7) is 3.92. The number of hydrogen-bond donors (Lipinski definition) is 1. The Morgan fingerprint density at radius 2 is 1.72 bits per heavy atom. The summed E-state index contributed by atoms with van der Waals surface area (Å²) in [5, 5.41) is 3.66. The van der Waals surface area contributed by atoms with Gasteiger partial charge in [-0.25, -0.2) is 9.38 Å². The summed E-state index contributed by atoms with van der Waals surface area (Å²) in [6.07, 6.45) is 0. The van der Waals surface area contributed by atoms with E-state index in [1.807, 2.05) is 50.2 Å². The maximum Gasteiger partial charge on any atom is 0.261 e. The number of fused-ring (bicyclic) bond motifs is 1. The number of carbonyl (C=O) groups excluding carboxylic acids is 1. The number of carbonyl (C=O) groups is 1. The molecule has 0 fully saturated rings. The van der Waals surface area contributed by atoms with E-state index >= 15 is 0 Å². The lowest BCUT2D eigenvalue weighted by Crippen LogP contribution is -2.22. The Morgan fingerprint density at radius 3 is 2.52 bits per heavy atom. The molecule has 1 aromatic heterocycles. The minimum absolute atomic E-state index is 0.0519. The van der Waals surface area contributed by atoms with Gasteiger partial charge in [0.2, 0.25) is 5.55 Å². The molecule has 4 nitrogen and oxygen atoms in total. The van der Waals surface area contributed by atoms with Crippen molar-refractivity contribution in [2.45, 2.75) is 13.8 Å². The van der Waals surface area contributed by atoms with Crippen LogP contribution in [0.2, 0.25) is 0 Å². The van der Waals surface area contributed by atoms with E-state index in [1.54, 1.807) is 24.3 Å². The predicted octanol–water partition coefficient (Wildman–Crippen LogP) is 5.67. The molecule has 0 spiro atoms. The van der Waals surface area contributed by atoms with Gasteiger partial charge in [0.15, 0.2) is 0 Å². The van der Waals surface area contributed by atoms with Gasteiger partial charge in [0.25, 0.3) is 5.91 Å². The summed E-state index contributed by atoms with van der Waals surface area (Å²) in [4.78, 5) is 17.4. The summed E-state index contributed by atoms with van der Waals surface area (Å²) < 4.78 is 20.0. The van der Waals surface area contributed by atoms with Gasteiger partial charge in [-0.2, -0.15) is 0 Å². The molecule has 4 rings (SSSR count). The van der Waals surface area contributed by atoms with E-state index in [2.05, 4.69) is 10.3 Å². The number of hydrogen-bond acceptors (Lipinski definition) is 3. The number of amides is 1. The van der Waals surface area contributed by atoms with E-state index in [-0.39, 0.29) is 22.7 Å². The van der Waals surface area contributed by atoms with Gasteiger partial charge in [-0.05, 0) is 49.7 Å². The lowest BCUT2D eigenvalue weighted by Gasteiger charge is -2.10. The van der Waals surface area contributed by atoms with E-state index < -0.39 is 5.82 Å². The zero-order valence-electron chi connectivity index (χ0n) is 16.1. The first-order valence-corrected chi connectivity index (χ1v) is 9.22. The molecule has 0 unspecified atom stereocenters. The zero-order chi connectivity index (χ0) is 20.4. The second-order valence-electron chi connectivity index (χ2n) is 6.84. The summed E-state index contributed by atoms with van der Waals surface area (Å²) in [5.74, 6) is -0.863. The monoisotopic (exact) mass is 386 g/mol. The molecule has 1 heterocycles. The number of benzene rings is 3. The Morgan fingerprint density at radius 1 is 0.966 bits per heavy atom. The summed E-state index contributed by atoms with van der Waals surface area (Å²) in [6, 6.07) is 20.9. The lowest BCUT2D eigenvalue weighted by molar-refractivity contribution is 0.102. The molecule has 5 heteroatoms. The molecule has 3 aromatic carbocycles. The molecule has 0 saturated carbocycles. The van der Waals surface area contributed by atoms with Crippen molar-refractivity contribution in [3.05, 3.63) is 101 Å². The van der Waals surface area contributed by atoms with E-state index in [9.17, 15) is 9.18 Å². The number of aryl methyl sites for hydroxylation is 2. The van der Waals surface area contributed by atoms with E-state index in [0.29, 0.717) is 11.3 Å². The van der Waals surface area contributed by atoms with Crippen LogP contribution < -0.4 is 10.9 Å². The predicted molar refractivity (Wildman–Crippen MR) is 112 cm³/mol. The Labute approximate surface area is 167 Å². The normalized spacial score (nSPS) is 11.6. The standard InChI is InChI=1S/C24H19FN2O2/c1-15-11-12-20(16(2)13-15)26-23(28)18-14-17-7-3-6-10-22(17)29-24(18)27-21-9-5-4-8-19(21)25/h3-14H,1-2H3,(H,26,28). The molecule has 0 saturated heterocycles. The van der Waals surface area contributed by atoms with Crippen molar-refractivity contribution in [1.82, 2.24) is 0 Å². The highest BCUT2D eigenvalue weighted by Crippen LogP contribution is 2.20. The maximum atomic E-state index is 14.1. The highest BCUT2D eigenvalue weighted by molar-refractivity contribution is 6.05. The molecule has 0 aliphatic carbocycles. The van der Waals surface area contributed by atoms with Gasteiger partial charge < -0.3 is 9.73 Å². The van der Waals surface area contributed by atoms with Gasteiger partial charge in [-0.3, -0.25) is 4.79 Å². The number of rotatable bonds is 3. The number of nitrogens with one attached hydrogen (secondary N) is 1. The Balaban J connectivity index is 1.85. The summed E-state index contributed by atoms with van der Waals surface area (Å²) >= 11 is 0. The molecule has 0 bridgehead atoms. The molecular formula is C24H19FN2O2. The van der Waals surface area contributed by atoms with Crippen LogP contribution in [-0.2, 0) is 0 Å². The molecule has 0 atom stereocenters. The minimum atomic E-state index is -0.489. The SMILES string of the molecule is Cc1ccc(NC(=O)c2cc3ccccc3oc2=Nc2ccccc2F)c(C)c1. The number of para-hydroxylation sites is 2. The molecule has 29 heavy (non-hydrogen) atoms. The molecular weight excluding hydrogens is 367 g/mol. The van der Waals surface area contributed by atoms with Crippen molar-refractivity contribution in [3.63, 3.8) is 0 Å². The molecule has 1 amide bonds. The molecule has 0 radical (unpaired) electrons. The van der Waals surface area contributed by atoms with Crippen molar-refractivity contribution >= 4 is 28.3 Å². The quantitative estimate of drug-likeness (QED) is 0.493. The highest BCUT2D eigenvalue weighted by Gasteiger charge is 2.14. The zero-order valence-corrected chi connectivity index (χ0v) is 16.1. The highest BCUT2D eigenvalue weighted by atomic mass is 19.1. The van der Waals surface area contributed by atoms with Crippen LogP contribution in [0.1, 0.15) is 21.5 Å². The van der Waals surface area contributed by atoms with E-state index in [0.717, 1.165) is 16.5 Å². The van der Waals surface area contributed by atoms with Crippen LogP contribution >= 0.6 is 0 Å². The molecule has 144 valence electrons. The smallest absolute Gasteiger partial charge is 0.261 e. The number of anilines is 1. The number of nitrogens with zero attached hydrogens (tertiary/aromatic N) is 1. The Kier molecular flexibility index (Phi) is 4.96. The van der Waals surface area contributed by atoms with Crippen LogP contribution in [0.25, 0.3) is 11.0 Å². The topological polar surface area (TPSA) is 54.6 Å². The van der Waals surface area contributed by atoms with Gasteiger partial charge in [-0.1, -0.05) is 48.0 Å². The maximum absolute atomic E-state index is 14.1. The van der Waals surface area contributed by atoms with Gasteiger partial charge >= 0.3 is 0 Å². The molecule has 1 N–H and O–H groups in total. The fraction of sp³-hybridized carbons (Fsp3) is 0.0833. The average Bonchev–Trinajstić information content (AvgIpc) is 2.71. The summed E-state index contributed by atoms with van der Waals surface area (Å²) in [5.41, 5.74) is 3.70. The fourth-order valence-electron chi connectivity index (χ4n) is 3.11. The minimum Gasteiger partial charge on any atom is -0.438 e. The van der Waals surface area contributed by atoms with Crippen molar-refractivity contribution in [1.29, 1.82) is 0 Å². The second kappa shape index (κ2) is 7.72. The van der Waals surface area contributed by atoms with Crippen LogP contribution in [-0.4, -0.2) is 5.91 Å². The van der Waals surface area contributed by atoms with Gasteiger partial charge in [0, 0.05) is 11.1 Å². The van der Waals surface area contributed by atoms with Crippen LogP contribution in [0, 0.1) is 19.7 Å². The molecule has 4 aromatic rings. The third kappa shape index (κ3) is 3.94. The molecule has 0 aliphatic rings. The summed E-state index contributed by atoms with van der Waals surface area (Å²) in [7, 11) is 0. The first-order chi connectivity index (χ1) is 14.0. The van der Waals surface area contributed by atoms with Crippen LogP contribution in [0.15, 0.2) is 82.2 Å². The van der Waals surface area contributed by atoms with Crippen LogP contribution in [0.4, 0.5) is 15.8 Å². The first-order valence-electron chi connectivity index (χ1n) is 9.22. The fourth-order valence-corrected chi connectivity index (χ4v) is 3.11. The second-order valence-corrected chi connectivity index (χ2v) is 6.84. The third-order valence-corrected chi connectivity index (χ3v) is 4.61. The van der Waals surface area contributed by atoms with Crippen LogP contribution in [0.5, 0.6) is 0 Å². The average molecular weight is 386 g/mol. The van der Waals surface area contributed by atoms with Gasteiger partial charge in [0.1, 0.15) is 22.7 Å². The van der Waals surface area contributed by atoms with Gasteiger partial charge in [0.05, 0.1) is 0 Å². The van der Waals surface area contributed by atoms with Crippen molar-refractivity contribution in [2.75, 3.05) is 5.32 Å². The lowest BCUT2D eigenvalue weighted by atomic mass is 10.1. The Bertz CT molecular complexity index is 1290. The van der Waals surface area contributed by atoms with Crippen molar-refractivity contribution in [2.24, 2.45) is 4.99 Å². The van der Waals surface area contributed by atoms with Crippen molar-refractivity contribution < 1.29 is 13.6 Å². The third-order valence-electron chi connectivity index (χ3n) is 4.61. The van der Waals surface area contributed by atoms with Crippen LogP contribution in [0.3, 0.4) is 0 Å². The number of halogens is 1.